The van der Waals surface area contributed by atoms with Crippen LogP contribution in [0.15, 0.2) is 30.6 Å². The maximum Gasteiger partial charge on any atom is 0.123 e. The van der Waals surface area contributed by atoms with Crippen LogP contribution in [0.2, 0.25) is 0 Å². The van der Waals surface area contributed by atoms with E-state index in [0.29, 0.717) is 6.54 Å². The number of aromatic nitrogens is 2. The van der Waals surface area contributed by atoms with E-state index in [-0.39, 0.29) is 11.9 Å². The molecule has 1 unspecified atom stereocenters. The van der Waals surface area contributed by atoms with Crippen molar-refractivity contribution in [2.24, 2.45) is 5.73 Å². The van der Waals surface area contributed by atoms with Gasteiger partial charge >= 0.3 is 0 Å². The van der Waals surface area contributed by atoms with Gasteiger partial charge in [-0.05, 0) is 36.1 Å². The minimum Gasteiger partial charge on any atom is -0.326 e. The Hall–Kier alpha value is -1.68. The molecule has 1 aliphatic rings. The third-order valence-corrected chi connectivity index (χ3v) is 3.36. The van der Waals surface area contributed by atoms with Crippen molar-refractivity contribution < 1.29 is 4.39 Å². The van der Waals surface area contributed by atoms with Gasteiger partial charge in [-0.25, -0.2) is 4.39 Å². The van der Waals surface area contributed by atoms with Crippen LogP contribution in [0.4, 0.5) is 4.39 Å². The van der Waals surface area contributed by atoms with Gasteiger partial charge in [-0.15, -0.1) is 0 Å². The van der Waals surface area contributed by atoms with Gasteiger partial charge in [0.2, 0.25) is 0 Å². The minimum atomic E-state index is -0.179. The lowest BCUT2D eigenvalue weighted by Crippen LogP contribution is -2.08. The van der Waals surface area contributed by atoms with Crippen molar-refractivity contribution in [2.45, 2.75) is 25.4 Å². The standard InChI is InChI=1S/C13H14FN3/c14-11-3-1-10-2-4-13(12(10)5-11)17-8-9(6-15)7-16-17/h1,3,5,7-8,13H,2,4,6,15H2. The normalized spacial score (nSPS) is 18.4. The van der Waals surface area contributed by atoms with Gasteiger partial charge in [0.05, 0.1) is 12.2 Å². The molecule has 1 aromatic carbocycles. The number of benzene rings is 1. The molecule has 1 atom stereocenters. The maximum atomic E-state index is 13.3. The summed E-state index contributed by atoms with van der Waals surface area (Å²) in [6.45, 7) is 0.489. The molecular formula is C13H14FN3. The van der Waals surface area contributed by atoms with Gasteiger partial charge in [-0.1, -0.05) is 6.07 Å². The molecule has 0 spiro atoms. The second-order valence-electron chi connectivity index (χ2n) is 4.43. The Morgan fingerprint density at radius 2 is 2.35 bits per heavy atom. The number of nitrogens with two attached hydrogens (primary N) is 1. The van der Waals surface area contributed by atoms with E-state index in [2.05, 4.69) is 5.10 Å². The number of nitrogens with zero attached hydrogens (tertiary/aromatic N) is 2. The molecule has 3 nitrogen and oxygen atoms in total. The highest BCUT2D eigenvalue weighted by molar-refractivity contribution is 5.35. The summed E-state index contributed by atoms with van der Waals surface area (Å²) < 4.78 is 15.2. The van der Waals surface area contributed by atoms with Crippen molar-refractivity contribution in [3.05, 3.63) is 53.1 Å². The van der Waals surface area contributed by atoms with Gasteiger partial charge in [0.15, 0.2) is 0 Å². The predicted molar refractivity (Wildman–Crippen MR) is 63.0 cm³/mol. The molecule has 0 amide bonds. The van der Waals surface area contributed by atoms with Gasteiger partial charge in [-0.2, -0.15) is 5.10 Å². The predicted octanol–water partition coefficient (Wildman–Crippen LogP) is 2.02. The smallest absolute Gasteiger partial charge is 0.123 e. The second kappa shape index (κ2) is 3.96. The van der Waals surface area contributed by atoms with E-state index in [9.17, 15) is 4.39 Å². The molecular weight excluding hydrogens is 217 g/mol. The van der Waals surface area contributed by atoms with Crippen LogP contribution in [0.25, 0.3) is 0 Å². The highest BCUT2D eigenvalue weighted by atomic mass is 19.1. The van der Waals surface area contributed by atoms with Crippen molar-refractivity contribution >= 4 is 0 Å². The van der Waals surface area contributed by atoms with E-state index in [4.69, 9.17) is 5.73 Å². The topological polar surface area (TPSA) is 43.8 Å². The third-order valence-electron chi connectivity index (χ3n) is 3.36. The fraction of sp³-hybridized carbons (Fsp3) is 0.308. The van der Waals surface area contributed by atoms with E-state index < -0.39 is 0 Å². The third kappa shape index (κ3) is 1.74. The van der Waals surface area contributed by atoms with E-state index in [0.717, 1.165) is 24.0 Å². The molecule has 0 saturated carbocycles. The van der Waals surface area contributed by atoms with Gasteiger partial charge in [0.1, 0.15) is 5.82 Å². The fourth-order valence-corrected chi connectivity index (χ4v) is 2.48. The molecule has 0 fully saturated rings. The Labute approximate surface area is 99.1 Å². The lowest BCUT2D eigenvalue weighted by atomic mass is 10.1. The Morgan fingerprint density at radius 1 is 1.47 bits per heavy atom. The Bertz CT molecular complexity index is 547. The van der Waals surface area contributed by atoms with Crippen molar-refractivity contribution in [2.75, 3.05) is 0 Å². The van der Waals surface area contributed by atoms with Crippen molar-refractivity contribution in [1.82, 2.24) is 9.78 Å². The maximum absolute atomic E-state index is 13.3. The number of fused-ring (bicyclic) bond motifs is 1. The van der Waals surface area contributed by atoms with Crippen LogP contribution in [-0.2, 0) is 13.0 Å². The zero-order valence-corrected chi connectivity index (χ0v) is 9.44. The van der Waals surface area contributed by atoms with Crippen LogP contribution in [0, 0.1) is 5.82 Å². The van der Waals surface area contributed by atoms with Gasteiger partial charge in [-0.3, -0.25) is 4.68 Å². The number of hydrogen-bond donors (Lipinski definition) is 1. The molecule has 3 rings (SSSR count). The quantitative estimate of drug-likeness (QED) is 0.859. The number of halogens is 1. The average molecular weight is 231 g/mol. The molecule has 2 N–H and O–H groups in total. The molecule has 0 aliphatic heterocycles. The highest BCUT2D eigenvalue weighted by Crippen LogP contribution is 2.34. The van der Waals surface area contributed by atoms with E-state index in [1.165, 1.54) is 11.6 Å². The lowest BCUT2D eigenvalue weighted by molar-refractivity contribution is 0.517. The molecule has 2 aromatic rings. The first-order valence-corrected chi connectivity index (χ1v) is 5.79. The van der Waals surface area contributed by atoms with Crippen molar-refractivity contribution in [3.63, 3.8) is 0 Å². The van der Waals surface area contributed by atoms with Gasteiger partial charge < -0.3 is 5.73 Å². The van der Waals surface area contributed by atoms with Crippen molar-refractivity contribution in [3.8, 4) is 0 Å². The Kier molecular flexibility index (Phi) is 2.44. The van der Waals surface area contributed by atoms with E-state index in [1.54, 1.807) is 12.3 Å². The molecule has 4 heteroatoms. The van der Waals surface area contributed by atoms with Crippen LogP contribution in [0.5, 0.6) is 0 Å². The minimum absolute atomic E-state index is 0.154. The SMILES string of the molecule is NCc1cnn(C2CCc3ccc(F)cc32)c1. The van der Waals surface area contributed by atoms with Crippen LogP contribution in [-0.4, -0.2) is 9.78 Å². The van der Waals surface area contributed by atoms with Gasteiger partial charge in [0.25, 0.3) is 0 Å². The molecule has 0 bridgehead atoms. The zero-order valence-electron chi connectivity index (χ0n) is 9.44. The lowest BCUT2D eigenvalue weighted by Gasteiger charge is -2.12. The number of hydrogen-bond acceptors (Lipinski definition) is 2. The molecule has 1 aromatic heterocycles. The summed E-state index contributed by atoms with van der Waals surface area (Å²) in [5.74, 6) is -0.179. The number of aryl methyl sites for hydroxylation is 1. The first-order valence-electron chi connectivity index (χ1n) is 5.79. The van der Waals surface area contributed by atoms with Crippen LogP contribution in [0.1, 0.15) is 29.2 Å². The van der Waals surface area contributed by atoms with E-state index >= 15 is 0 Å². The summed E-state index contributed by atoms with van der Waals surface area (Å²) in [6.07, 6.45) is 5.69. The van der Waals surface area contributed by atoms with Crippen LogP contribution in [0.3, 0.4) is 0 Å². The van der Waals surface area contributed by atoms with Gasteiger partial charge in [0, 0.05) is 18.3 Å². The molecule has 0 radical (unpaired) electrons. The molecule has 88 valence electrons. The first-order chi connectivity index (χ1) is 8.28. The van der Waals surface area contributed by atoms with Crippen LogP contribution >= 0.6 is 0 Å². The summed E-state index contributed by atoms with van der Waals surface area (Å²) in [5.41, 5.74) is 8.85. The number of rotatable bonds is 2. The molecule has 1 aliphatic carbocycles. The summed E-state index contributed by atoms with van der Waals surface area (Å²) >= 11 is 0. The highest BCUT2D eigenvalue weighted by Gasteiger charge is 2.24. The second-order valence-corrected chi connectivity index (χ2v) is 4.43. The fourth-order valence-electron chi connectivity index (χ4n) is 2.48. The summed E-state index contributed by atoms with van der Waals surface area (Å²) in [4.78, 5) is 0. The van der Waals surface area contributed by atoms with E-state index in [1.807, 2.05) is 16.9 Å². The molecule has 0 saturated heterocycles. The zero-order chi connectivity index (χ0) is 11.8. The van der Waals surface area contributed by atoms with Crippen molar-refractivity contribution in [1.29, 1.82) is 0 Å². The molecule has 1 heterocycles. The Morgan fingerprint density at radius 3 is 3.12 bits per heavy atom. The summed E-state index contributed by atoms with van der Waals surface area (Å²) in [5, 5.41) is 4.31. The summed E-state index contributed by atoms with van der Waals surface area (Å²) in [7, 11) is 0. The summed E-state index contributed by atoms with van der Waals surface area (Å²) in [6, 6.07) is 5.17. The van der Waals surface area contributed by atoms with Crippen LogP contribution < -0.4 is 5.73 Å². The first kappa shape index (κ1) is 10.5. The monoisotopic (exact) mass is 231 g/mol. The average Bonchev–Trinajstić information content (AvgIpc) is 2.93. The molecule has 17 heavy (non-hydrogen) atoms. The Balaban J connectivity index is 2.00. The largest absolute Gasteiger partial charge is 0.326 e.